The number of nitrogens with one attached hydrogen (secondary N) is 2. The van der Waals surface area contributed by atoms with Gasteiger partial charge in [0.15, 0.2) is 0 Å². The van der Waals surface area contributed by atoms with Crippen LogP contribution >= 0.6 is 0 Å². The first-order chi connectivity index (χ1) is 7.72. The average Bonchev–Trinajstić information content (AvgIpc) is 2.90. The molecule has 0 saturated carbocycles. The summed E-state index contributed by atoms with van der Waals surface area (Å²) in [6.45, 7) is 4.57. The summed E-state index contributed by atoms with van der Waals surface area (Å²) in [6, 6.07) is 0.0167. The predicted molar refractivity (Wildman–Crippen MR) is 59.8 cm³/mol. The molecule has 90 valence electrons. The minimum Gasteiger partial charge on any atom is -0.344 e. The van der Waals surface area contributed by atoms with Crippen LogP contribution in [0.3, 0.4) is 0 Å². The molecule has 2 heterocycles. The van der Waals surface area contributed by atoms with Crippen molar-refractivity contribution < 1.29 is 9.59 Å². The molecule has 2 amide bonds. The third-order valence-electron chi connectivity index (χ3n) is 3.39. The first-order valence-electron chi connectivity index (χ1n) is 6.03. The molecule has 0 aromatic heterocycles. The Morgan fingerprint density at radius 3 is 2.81 bits per heavy atom. The van der Waals surface area contributed by atoms with Crippen molar-refractivity contribution in [3.05, 3.63) is 0 Å². The van der Waals surface area contributed by atoms with Crippen LogP contribution in [0.5, 0.6) is 0 Å². The van der Waals surface area contributed by atoms with Crippen molar-refractivity contribution in [3.8, 4) is 0 Å². The molecule has 2 unspecified atom stereocenters. The number of hydrogen-bond acceptors (Lipinski definition) is 3. The van der Waals surface area contributed by atoms with Crippen LogP contribution in [0.2, 0.25) is 0 Å². The van der Waals surface area contributed by atoms with Crippen LogP contribution in [0.25, 0.3) is 0 Å². The zero-order valence-corrected chi connectivity index (χ0v) is 9.66. The van der Waals surface area contributed by atoms with Gasteiger partial charge < -0.3 is 15.5 Å². The normalized spacial score (nSPS) is 29.2. The van der Waals surface area contributed by atoms with Gasteiger partial charge in [0.2, 0.25) is 11.8 Å². The lowest BCUT2D eigenvalue weighted by molar-refractivity contribution is -0.136. The molecule has 0 bridgehead atoms. The maximum Gasteiger partial charge on any atom is 0.245 e. The highest BCUT2D eigenvalue weighted by Gasteiger charge is 2.33. The third-order valence-corrected chi connectivity index (χ3v) is 3.39. The van der Waals surface area contributed by atoms with Gasteiger partial charge >= 0.3 is 0 Å². The van der Waals surface area contributed by atoms with Crippen molar-refractivity contribution in [2.24, 2.45) is 0 Å². The number of likely N-dealkylation sites (N-methyl/N-ethyl adjacent to an activating group) is 1. The average molecular weight is 225 g/mol. The Balaban J connectivity index is 1.97. The van der Waals surface area contributed by atoms with E-state index in [-0.39, 0.29) is 17.9 Å². The van der Waals surface area contributed by atoms with Gasteiger partial charge in [-0.25, -0.2) is 0 Å². The Bertz CT molecular complexity index is 287. The minimum absolute atomic E-state index is 0.000972. The van der Waals surface area contributed by atoms with Gasteiger partial charge in [-0.3, -0.25) is 9.59 Å². The van der Waals surface area contributed by atoms with Gasteiger partial charge in [0.05, 0.1) is 0 Å². The van der Waals surface area contributed by atoms with Crippen LogP contribution in [0.15, 0.2) is 0 Å². The van der Waals surface area contributed by atoms with Crippen molar-refractivity contribution in [3.63, 3.8) is 0 Å². The molecule has 5 nitrogen and oxygen atoms in total. The highest BCUT2D eigenvalue weighted by Crippen LogP contribution is 2.14. The molecule has 0 radical (unpaired) electrons. The Labute approximate surface area is 95.6 Å². The van der Waals surface area contributed by atoms with E-state index in [4.69, 9.17) is 0 Å². The van der Waals surface area contributed by atoms with Gasteiger partial charge in [0, 0.05) is 25.6 Å². The van der Waals surface area contributed by atoms with Crippen LogP contribution in [0.4, 0.5) is 0 Å². The predicted octanol–water partition coefficient (Wildman–Crippen LogP) is -0.525. The summed E-state index contributed by atoms with van der Waals surface area (Å²) in [7, 11) is 0. The fraction of sp³-hybridized carbons (Fsp3) is 0.818. The summed E-state index contributed by atoms with van der Waals surface area (Å²) < 4.78 is 0. The Kier molecular flexibility index (Phi) is 3.43. The van der Waals surface area contributed by atoms with Crippen molar-refractivity contribution in [1.82, 2.24) is 15.5 Å². The van der Waals surface area contributed by atoms with Gasteiger partial charge in [-0.1, -0.05) is 0 Å². The van der Waals surface area contributed by atoms with E-state index >= 15 is 0 Å². The molecular weight excluding hydrogens is 206 g/mol. The summed E-state index contributed by atoms with van der Waals surface area (Å²) in [5, 5.41) is 6.00. The summed E-state index contributed by atoms with van der Waals surface area (Å²) in [6.07, 6.45) is 2.14. The van der Waals surface area contributed by atoms with Gasteiger partial charge in [0.1, 0.15) is 6.04 Å². The minimum atomic E-state index is -0.284. The lowest BCUT2D eigenvalue weighted by atomic mass is 10.1. The number of hydrogen-bond donors (Lipinski definition) is 2. The van der Waals surface area contributed by atoms with E-state index in [1.54, 1.807) is 0 Å². The van der Waals surface area contributed by atoms with Crippen LogP contribution in [0.1, 0.15) is 26.2 Å². The van der Waals surface area contributed by atoms with Gasteiger partial charge in [-0.05, 0) is 26.3 Å². The Morgan fingerprint density at radius 1 is 1.50 bits per heavy atom. The van der Waals surface area contributed by atoms with E-state index in [2.05, 4.69) is 10.6 Å². The van der Waals surface area contributed by atoms with Crippen molar-refractivity contribution in [2.45, 2.75) is 38.3 Å². The van der Waals surface area contributed by atoms with E-state index in [0.29, 0.717) is 18.9 Å². The summed E-state index contributed by atoms with van der Waals surface area (Å²) in [5.74, 6) is 0.0843. The molecule has 2 N–H and O–H groups in total. The fourth-order valence-corrected chi connectivity index (χ4v) is 2.50. The lowest BCUT2D eigenvalue weighted by Crippen LogP contribution is -2.49. The fourth-order valence-electron chi connectivity index (χ4n) is 2.50. The highest BCUT2D eigenvalue weighted by molar-refractivity contribution is 5.91. The monoisotopic (exact) mass is 225 g/mol. The number of amides is 2. The summed E-state index contributed by atoms with van der Waals surface area (Å²) in [5.41, 5.74) is 0. The summed E-state index contributed by atoms with van der Waals surface area (Å²) >= 11 is 0. The molecule has 2 aliphatic rings. The molecule has 5 heteroatoms. The maximum atomic E-state index is 12.2. The van der Waals surface area contributed by atoms with Crippen LogP contribution in [-0.2, 0) is 9.59 Å². The zero-order valence-electron chi connectivity index (χ0n) is 9.66. The largest absolute Gasteiger partial charge is 0.344 e. The van der Waals surface area contributed by atoms with Crippen LogP contribution < -0.4 is 10.6 Å². The molecular formula is C11H19N3O2. The second-order valence-corrected chi connectivity index (χ2v) is 4.43. The van der Waals surface area contributed by atoms with E-state index in [0.717, 1.165) is 26.1 Å². The maximum absolute atomic E-state index is 12.2. The van der Waals surface area contributed by atoms with Gasteiger partial charge in [0.25, 0.3) is 0 Å². The smallest absolute Gasteiger partial charge is 0.245 e. The zero-order chi connectivity index (χ0) is 11.5. The van der Waals surface area contributed by atoms with E-state index < -0.39 is 0 Å². The van der Waals surface area contributed by atoms with Crippen molar-refractivity contribution in [2.75, 3.05) is 19.6 Å². The standard InChI is InChI=1S/C11H19N3O2/c1-2-14(8-5-6-12-7-8)11(16)9-3-4-10(15)13-9/h8-9,12H,2-7H2,1H3,(H,13,15). The van der Waals surface area contributed by atoms with E-state index in [1.807, 2.05) is 11.8 Å². The number of carbonyl (C=O) groups excluding carboxylic acids is 2. The Morgan fingerprint density at radius 2 is 2.31 bits per heavy atom. The molecule has 2 saturated heterocycles. The molecule has 2 fully saturated rings. The van der Waals surface area contributed by atoms with E-state index in [9.17, 15) is 9.59 Å². The number of nitrogens with zero attached hydrogens (tertiary/aromatic N) is 1. The number of carbonyl (C=O) groups is 2. The quantitative estimate of drug-likeness (QED) is 0.679. The first-order valence-corrected chi connectivity index (χ1v) is 6.03. The molecule has 2 atom stereocenters. The van der Waals surface area contributed by atoms with Crippen LogP contribution in [-0.4, -0.2) is 48.4 Å². The first kappa shape index (κ1) is 11.4. The SMILES string of the molecule is CCN(C(=O)C1CCC(=O)N1)C1CCNC1. The molecule has 0 aromatic carbocycles. The molecule has 2 aliphatic heterocycles. The topological polar surface area (TPSA) is 61.4 Å². The van der Waals surface area contributed by atoms with Crippen molar-refractivity contribution in [1.29, 1.82) is 0 Å². The molecule has 16 heavy (non-hydrogen) atoms. The molecule has 2 rings (SSSR count). The highest BCUT2D eigenvalue weighted by atomic mass is 16.2. The van der Waals surface area contributed by atoms with Crippen LogP contribution in [0, 0.1) is 0 Å². The number of rotatable bonds is 3. The van der Waals surface area contributed by atoms with E-state index in [1.165, 1.54) is 0 Å². The van der Waals surface area contributed by atoms with Gasteiger partial charge in [-0.2, -0.15) is 0 Å². The molecule has 0 aromatic rings. The molecule has 0 aliphatic carbocycles. The summed E-state index contributed by atoms with van der Waals surface area (Å²) in [4.78, 5) is 25.2. The second kappa shape index (κ2) is 4.82. The second-order valence-electron chi connectivity index (χ2n) is 4.43. The molecule has 0 spiro atoms. The van der Waals surface area contributed by atoms with Gasteiger partial charge in [-0.15, -0.1) is 0 Å². The lowest BCUT2D eigenvalue weighted by Gasteiger charge is -2.29. The third kappa shape index (κ3) is 2.19. The van der Waals surface area contributed by atoms with Crippen molar-refractivity contribution >= 4 is 11.8 Å². The Hall–Kier alpha value is -1.10.